The van der Waals surface area contributed by atoms with E-state index < -0.39 is 15.6 Å². The lowest BCUT2D eigenvalue weighted by molar-refractivity contribution is -0.118. The summed E-state index contributed by atoms with van der Waals surface area (Å²) in [6.07, 6.45) is 3.69. The second kappa shape index (κ2) is 9.59. The van der Waals surface area contributed by atoms with Gasteiger partial charge in [0.2, 0.25) is 15.9 Å². The molecule has 3 aromatic rings. The van der Waals surface area contributed by atoms with E-state index in [4.69, 9.17) is 0 Å². The number of aryl methyl sites for hydroxylation is 2. The summed E-state index contributed by atoms with van der Waals surface area (Å²) in [6.45, 7) is 6.49. The molecule has 0 spiro atoms. The van der Waals surface area contributed by atoms with Gasteiger partial charge < -0.3 is 4.90 Å². The van der Waals surface area contributed by atoms with Crippen LogP contribution in [0.5, 0.6) is 0 Å². The monoisotopic (exact) mass is 502 g/mol. The first-order valence-electron chi connectivity index (χ1n) is 11.5. The molecule has 34 heavy (non-hydrogen) atoms. The molecular formula is C24H30N4O4S2. The maximum Gasteiger partial charge on any atom is 0.263 e. The highest BCUT2D eigenvalue weighted by Gasteiger charge is 2.33. The summed E-state index contributed by atoms with van der Waals surface area (Å²) in [7, 11) is -2.16. The molecule has 8 nitrogen and oxygen atoms in total. The number of benzene rings is 1. The van der Waals surface area contributed by atoms with Crippen LogP contribution < -0.4 is 10.5 Å². The molecule has 1 amide bonds. The molecule has 0 bridgehead atoms. The van der Waals surface area contributed by atoms with Gasteiger partial charge in [0.1, 0.15) is 16.3 Å². The van der Waals surface area contributed by atoms with Crippen molar-refractivity contribution in [2.24, 2.45) is 5.92 Å². The molecule has 0 saturated carbocycles. The van der Waals surface area contributed by atoms with Crippen LogP contribution in [0.1, 0.15) is 37.1 Å². The summed E-state index contributed by atoms with van der Waals surface area (Å²) in [5.41, 5.74) is 1.30. The Balaban J connectivity index is 1.70. The van der Waals surface area contributed by atoms with Gasteiger partial charge in [0.05, 0.1) is 11.7 Å². The average molecular weight is 503 g/mol. The van der Waals surface area contributed by atoms with Crippen molar-refractivity contribution in [1.82, 2.24) is 13.9 Å². The summed E-state index contributed by atoms with van der Waals surface area (Å²) in [5, 5.41) is 0.0769. The Labute approximate surface area is 203 Å². The first-order chi connectivity index (χ1) is 16.1. The Hall–Kier alpha value is -2.56. The van der Waals surface area contributed by atoms with Gasteiger partial charge in [-0.3, -0.25) is 14.2 Å². The highest BCUT2D eigenvalue weighted by molar-refractivity contribution is 7.89. The number of aromatic nitrogens is 2. The van der Waals surface area contributed by atoms with E-state index in [1.807, 2.05) is 31.2 Å². The number of hydrogen-bond acceptors (Lipinski definition) is 6. The first kappa shape index (κ1) is 24.6. The number of fused-ring (bicyclic) bond motifs is 1. The molecule has 0 atom stereocenters. The number of anilines is 1. The molecule has 0 unspecified atom stereocenters. The van der Waals surface area contributed by atoms with E-state index in [-0.39, 0.29) is 22.7 Å². The fourth-order valence-electron chi connectivity index (χ4n) is 4.41. The zero-order valence-electron chi connectivity index (χ0n) is 19.9. The standard InChI is InChI=1S/C24H30N4O4S2/c1-5-18-8-6-7-9-19(18)26(4)20(29)14-27-15-25-23-21(24(27)30)22(17(3)33-23)34(31,32)28-12-10-16(2)11-13-28/h6-9,15-16H,5,10-14H2,1-4H3. The van der Waals surface area contributed by atoms with Gasteiger partial charge in [-0.05, 0) is 43.7 Å². The van der Waals surface area contributed by atoms with Crippen molar-refractivity contribution >= 4 is 43.2 Å². The maximum absolute atomic E-state index is 13.5. The predicted octanol–water partition coefficient (Wildman–Crippen LogP) is 3.41. The number of thiophene rings is 1. The van der Waals surface area contributed by atoms with Crippen molar-refractivity contribution in [3.8, 4) is 0 Å². The van der Waals surface area contributed by atoms with E-state index in [0.29, 0.717) is 28.7 Å². The second-order valence-electron chi connectivity index (χ2n) is 8.87. The van der Waals surface area contributed by atoms with E-state index in [0.717, 1.165) is 30.5 Å². The van der Waals surface area contributed by atoms with Crippen molar-refractivity contribution in [1.29, 1.82) is 0 Å². The van der Waals surface area contributed by atoms with Crippen LogP contribution in [0.25, 0.3) is 10.2 Å². The van der Waals surface area contributed by atoms with Gasteiger partial charge in [-0.25, -0.2) is 13.4 Å². The summed E-state index contributed by atoms with van der Waals surface area (Å²) in [4.78, 5) is 33.3. The molecule has 0 aliphatic carbocycles. The van der Waals surface area contributed by atoms with E-state index in [9.17, 15) is 18.0 Å². The van der Waals surface area contributed by atoms with Gasteiger partial charge in [-0.2, -0.15) is 4.31 Å². The van der Waals surface area contributed by atoms with Crippen molar-refractivity contribution in [2.45, 2.75) is 51.5 Å². The number of sulfonamides is 1. The van der Waals surface area contributed by atoms with Gasteiger partial charge in [-0.1, -0.05) is 32.0 Å². The predicted molar refractivity (Wildman–Crippen MR) is 135 cm³/mol. The maximum atomic E-state index is 13.5. The fourth-order valence-corrected chi connectivity index (χ4v) is 7.55. The number of amides is 1. The number of rotatable bonds is 6. The van der Waals surface area contributed by atoms with Gasteiger partial charge >= 0.3 is 0 Å². The molecule has 1 fully saturated rings. The molecule has 3 heterocycles. The molecule has 0 radical (unpaired) electrons. The molecular weight excluding hydrogens is 472 g/mol. The average Bonchev–Trinajstić information content (AvgIpc) is 3.18. The minimum absolute atomic E-state index is 0.0334. The molecule has 1 aromatic carbocycles. The van der Waals surface area contributed by atoms with Gasteiger partial charge in [0.25, 0.3) is 5.56 Å². The normalized spacial score (nSPS) is 15.6. The quantitative estimate of drug-likeness (QED) is 0.515. The largest absolute Gasteiger partial charge is 0.314 e. The lowest BCUT2D eigenvalue weighted by Crippen LogP contribution is -2.38. The van der Waals surface area contributed by atoms with Gasteiger partial charge in [0.15, 0.2) is 0 Å². The summed E-state index contributed by atoms with van der Waals surface area (Å²) < 4.78 is 29.7. The van der Waals surface area contributed by atoms with Crippen LogP contribution in [0.15, 0.2) is 40.3 Å². The van der Waals surface area contributed by atoms with E-state index in [2.05, 4.69) is 11.9 Å². The Kier molecular flexibility index (Phi) is 6.93. The van der Waals surface area contributed by atoms with Crippen LogP contribution in [0, 0.1) is 12.8 Å². The first-order valence-corrected chi connectivity index (χ1v) is 13.7. The third-order valence-electron chi connectivity index (χ3n) is 6.55. The number of carbonyl (C=O) groups excluding carboxylic acids is 1. The summed E-state index contributed by atoms with van der Waals surface area (Å²) in [6, 6.07) is 7.62. The topological polar surface area (TPSA) is 92.6 Å². The van der Waals surface area contributed by atoms with Crippen molar-refractivity contribution in [2.75, 3.05) is 25.0 Å². The van der Waals surface area contributed by atoms with E-state index >= 15 is 0 Å². The number of likely N-dealkylation sites (N-methyl/N-ethyl adjacent to an activating group) is 1. The lowest BCUT2D eigenvalue weighted by Gasteiger charge is -2.29. The van der Waals surface area contributed by atoms with Crippen LogP contribution >= 0.6 is 11.3 Å². The number of carbonyl (C=O) groups is 1. The smallest absolute Gasteiger partial charge is 0.263 e. The third-order valence-corrected chi connectivity index (χ3v) is 9.77. The van der Waals surface area contributed by atoms with Crippen molar-refractivity contribution in [3.63, 3.8) is 0 Å². The van der Waals surface area contributed by atoms with Gasteiger partial charge in [0, 0.05) is 30.7 Å². The van der Waals surface area contributed by atoms with Crippen LogP contribution in [0.3, 0.4) is 0 Å². The zero-order chi connectivity index (χ0) is 24.6. The molecule has 1 aliphatic heterocycles. The van der Waals surface area contributed by atoms with Crippen molar-refractivity contribution in [3.05, 3.63) is 51.4 Å². The molecule has 10 heteroatoms. The number of piperidine rings is 1. The minimum Gasteiger partial charge on any atom is -0.314 e. The van der Waals surface area contributed by atoms with Crippen molar-refractivity contribution < 1.29 is 13.2 Å². The fraction of sp³-hybridized carbons (Fsp3) is 0.458. The zero-order valence-corrected chi connectivity index (χ0v) is 21.6. The summed E-state index contributed by atoms with van der Waals surface area (Å²) in [5.74, 6) is 0.192. The Morgan fingerprint density at radius 3 is 2.59 bits per heavy atom. The Morgan fingerprint density at radius 2 is 1.91 bits per heavy atom. The number of para-hydroxylation sites is 1. The second-order valence-corrected chi connectivity index (χ2v) is 11.9. The molecule has 182 valence electrons. The molecule has 1 saturated heterocycles. The molecule has 2 aromatic heterocycles. The van der Waals surface area contributed by atoms with Crippen LogP contribution in [-0.2, 0) is 27.8 Å². The third kappa shape index (κ3) is 4.42. The number of nitrogens with zero attached hydrogens (tertiary/aromatic N) is 4. The van der Waals surface area contributed by atoms with Crippen LogP contribution in [0.4, 0.5) is 5.69 Å². The minimum atomic E-state index is -3.84. The Bertz CT molecular complexity index is 1390. The highest BCUT2D eigenvalue weighted by Crippen LogP contribution is 2.34. The SMILES string of the molecule is CCc1ccccc1N(C)C(=O)Cn1cnc2sc(C)c(S(=O)(=O)N3CCC(C)CC3)c2c1=O. The molecule has 0 N–H and O–H groups in total. The van der Waals surface area contributed by atoms with Crippen LogP contribution in [-0.4, -0.2) is 48.3 Å². The van der Waals surface area contributed by atoms with Crippen LogP contribution in [0.2, 0.25) is 0 Å². The summed E-state index contributed by atoms with van der Waals surface area (Å²) >= 11 is 1.19. The lowest BCUT2D eigenvalue weighted by atomic mass is 10.0. The van der Waals surface area contributed by atoms with E-state index in [1.165, 1.54) is 31.4 Å². The number of hydrogen-bond donors (Lipinski definition) is 0. The molecule has 4 rings (SSSR count). The van der Waals surface area contributed by atoms with Gasteiger partial charge in [-0.15, -0.1) is 11.3 Å². The van der Waals surface area contributed by atoms with E-state index in [1.54, 1.807) is 14.0 Å². The molecule has 1 aliphatic rings. The Morgan fingerprint density at radius 1 is 1.24 bits per heavy atom. The highest BCUT2D eigenvalue weighted by atomic mass is 32.2.